The molecular formula is C10H20O2. The molecule has 0 amide bonds. The van der Waals surface area contributed by atoms with Crippen molar-refractivity contribution in [2.45, 2.75) is 64.3 Å². The lowest BCUT2D eigenvalue weighted by molar-refractivity contribution is -0.0643. The molecule has 0 bridgehead atoms. The predicted molar refractivity (Wildman–Crippen MR) is 49.1 cm³/mol. The van der Waals surface area contributed by atoms with E-state index in [1.807, 2.05) is 6.92 Å². The second-order valence-electron chi connectivity index (χ2n) is 4.38. The Kier molecular flexibility index (Phi) is 3.13. The summed E-state index contributed by atoms with van der Waals surface area (Å²) < 4.78 is 5.67. The van der Waals surface area contributed by atoms with Crippen molar-refractivity contribution in [1.29, 1.82) is 0 Å². The Hall–Kier alpha value is -0.0800. The molecule has 1 rings (SSSR count). The molecule has 72 valence electrons. The Balaban J connectivity index is 2.27. The molecule has 1 aliphatic rings. The third kappa shape index (κ3) is 3.11. The first kappa shape index (κ1) is 10.0. The van der Waals surface area contributed by atoms with Crippen LogP contribution in [0.3, 0.4) is 0 Å². The van der Waals surface area contributed by atoms with Gasteiger partial charge in [0, 0.05) is 0 Å². The molecule has 0 unspecified atom stereocenters. The lowest BCUT2D eigenvalue weighted by Gasteiger charge is -2.33. The van der Waals surface area contributed by atoms with Gasteiger partial charge in [-0.2, -0.15) is 0 Å². The summed E-state index contributed by atoms with van der Waals surface area (Å²) in [5, 5.41) is 9.67. The summed E-state index contributed by atoms with van der Waals surface area (Å²) in [6.45, 7) is 6.04. The summed E-state index contributed by atoms with van der Waals surface area (Å²) in [6, 6.07) is 0. The highest BCUT2D eigenvalue weighted by atomic mass is 16.5. The maximum absolute atomic E-state index is 9.67. The fraction of sp³-hybridized carbons (Fsp3) is 1.00. The minimum Gasteiger partial charge on any atom is -0.390 e. The SMILES string of the molecule is CC(C)O[C@H]1CC[C@@](C)(O)CC1. The maximum atomic E-state index is 9.67. The molecule has 0 aromatic carbocycles. The molecule has 1 saturated carbocycles. The smallest absolute Gasteiger partial charge is 0.0621 e. The Morgan fingerprint density at radius 2 is 1.83 bits per heavy atom. The standard InChI is InChI=1S/C10H20O2/c1-8(2)12-9-4-6-10(3,11)7-5-9/h8-9,11H,4-7H2,1-3H3/t9-,10+. The molecule has 0 aromatic heterocycles. The van der Waals surface area contributed by atoms with Crippen molar-refractivity contribution in [2.75, 3.05) is 0 Å². The van der Waals surface area contributed by atoms with Crippen molar-refractivity contribution in [3.63, 3.8) is 0 Å². The average molecular weight is 172 g/mol. The molecule has 1 fully saturated rings. The topological polar surface area (TPSA) is 29.5 Å². The van der Waals surface area contributed by atoms with E-state index in [1.165, 1.54) is 0 Å². The molecule has 0 saturated heterocycles. The van der Waals surface area contributed by atoms with Crippen LogP contribution in [0, 0.1) is 0 Å². The van der Waals surface area contributed by atoms with E-state index >= 15 is 0 Å². The molecule has 2 heteroatoms. The van der Waals surface area contributed by atoms with Crippen LogP contribution >= 0.6 is 0 Å². The first-order chi connectivity index (χ1) is 5.49. The largest absolute Gasteiger partial charge is 0.390 e. The number of ether oxygens (including phenoxy) is 1. The van der Waals surface area contributed by atoms with E-state index < -0.39 is 5.60 Å². The molecular weight excluding hydrogens is 152 g/mol. The van der Waals surface area contributed by atoms with Crippen molar-refractivity contribution >= 4 is 0 Å². The lowest BCUT2D eigenvalue weighted by Crippen LogP contribution is -2.34. The predicted octanol–water partition coefficient (Wildman–Crippen LogP) is 2.10. The van der Waals surface area contributed by atoms with Gasteiger partial charge in [0.2, 0.25) is 0 Å². The highest BCUT2D eigenvalue weighted by Gasteiger charge is 2.29. The van der Waals surface area contributed by atoms with E-state index in [1.54, 1.807) is 0 Å². The number of hydrogen-bond donors (Lipinski definition) is 1. The molecule has 0 aliphatic heterocycles. The minimum absolute atomic E-state index is 0.318. The van der Waals surface area contributed by atoms with Crippen molar-refractivity contribution in [2.24, 2.45) is 0 Å². The summed E-state index contributed by atoms with van der Waals surface area (Å²) in [6.07, 6.45) is 4.47. The Morgan fingerprint density at radius 1 is 1.33 bits per heavy atom. The van der Waals surface area contributed by atoms with E-state index in [4.69, 9.17) is 4.74 Å². The van der Waals surface area contributed by atoms with Crippen molar-refractivity contribution in [1.82, 2.24) is 0 Å². The highest BCUT2D eigenvalue weighted by molar-refractivity contribution is 4.81. The van der Waals surface area contributed by atoms with Crippen LogP contribution in [0.25, 0.3) is 0 Å². The van der Waals surface area contributed by atoms with Crippen LogP contribution in [0.15, 0.2) is 0 Å². The fourth-order valence-corrected chi connectivity index (χ4v) is 1.73. The molecule has 12 heavy (non-hydrogen) atoms. The quantitative estimate of drug-likeness (QED) is 0.691. The van der Waals surface area contributed by atoms with Gasteiger partial charge in [0.15, 0.2) is 0 Å². The van der Waals surface area contributed by atoms with E-state index in [-0.39, 0.29) is 0 Å². The van der Waals surface area contributed by atoms with Gasteiger partial charge in [0.1, 0.15) is 0 Å². The number of rotatable bonds is 2. The Morgan fingerprint density at radius 3 is 2.25 bits per heavy atom. The summed E-state index contributed by atoms with van der Waals surface area (Å²) in [7, 11) is 0. The zero-order chi connectivity index (χ0) is 9.19. The van der Waals surface area contributed by atoms with Crippen LogP contribution < -0.4 is 0 Å². The van der Waals surface area contributed by atoms with E-state index in [0.717, 1.165) is 25.7 Å². The summed E-state index contributed by atoms with van der Waals surface area (Å²) in [5.41, 5.74) is -0.434. The lowest BCUT2D eigenvalue weighted by atomic mass is 9.85. The minimum atomic E-state index is -0.434. The van der Waals surface area contributed by atoms with Gasteiger partial charge in [-0.05, 0) is 46.5 Å². The van der Waals surface area contributed by atoms with Gasteiger partial charge < -0.3 is 9.84 Å². The second-order valence-corrected chi connectivity index (χ2v) is 4.38. The van der Waals surface area contributed by atoms with Crippen molar-refractivity contribution in [3.8, 4) is 0 Å². The summed E-state index contributed by atoms with van der Waals surface area (Å²) in [5.74, 6) is 0. The van der Waals surface area contributed by atoms with Crippen LogP contribution in [0.2, 0.25) is 0 Å². The average Bonchev–Trinajstić information content (AvgIpc) is 1.93. The monoisotopic (exact) mass is 172 g/mol. The summed E-state index contributed by atoms with van der Waals surface area (Å²) >= 11 is 0. The van der Waals surface area contributed by atoms with Crippen LogP contribution in [-0.2, 0) is 4.74 Å². The van der Waals surface area contributed by atoms with Gasteiger partial charge in [-0.1, -0.05) is 0 Å². The molecule has 1 N–H and O–H groups in total. The summed E-state index contributed by atoms with van der Waals surface area (Å²) in [4.78, 5) is 0. The van der Waals surface area contributed by atoms with Gasteiger partial charge in [-0.25, -0.2) is 0 Å². The molecule has 0 radical (unpaired) electrons. The van der Waals surface area contributed by atoms with Gasteiger partial charge >= 0.3 is 0 Å². The third-order valence-corrected chi connectivity index (χ3v) is 2.47. The molecule has 0 heterocycles. The normalized spacial score (nSPS) is 37.2. The fourth-order valence-electron chi connectivity index (χ4n) is 1.73. The molecule has 0 aromatic rings. The van der Waals surface area contributed by atoms with Gasteiger partial charge in [-0.3, -0.25) is 0 Å². The first-order valence-corrected chi connectivity index (χ1v) is 4.87. The molecule has 2 nitrogen and oxygen atoms in total. The number of hydrogen-bond acceptors (Lipinski definition) is 2. The second kappa shape index (κ2) is 3.75. The first-order valence-electron chi connectivity index (χ1n) is 4.87. The molecule has 0 spiro atoms. The van der Waals surface area contributed by atoms with Crippen LogP contribution in [0.1, 0.15) is 46.5 Å². The van der Waals surface area contributed by atoms with Gasteiger partial charge in [-0.15, -0.1) is 0 Å². The Bertz CT molecular complexity index is 131. The van der Waals surface area contributed by atoms with E-state index in [0.29, 0.717) is 12.2 Å². The van der Waals surface area contributed by atoms with Crippen LogP contribution in [-0.4, -0.2) is 22.9 Å². The highest BCUT2D eigenvalue weighted by Crippen LogP contribution is 2.29. The van der Waals surface area contributed by atoms with E-state index in [2.05, 4.69) is 13.8 Å². The van der Waals surface area contributed by atoms with Gasteiger partial charge in [0.25, 0.3) is 0 Å². The molecule has 0 atom stereocenters. The maximum Gasteiger partial charge on any atom is 0.0621 e. The van der Waals surface area contributed by atoms with E-state index in [9.17, 15) is 5.11 Å². The number of aliphatic hydroxyl groups is 1. The Labute approximate surface area is 74.9 Å². The van der Waals surface area contributed by atoms with Crippen LogP contribution in [0.5, 0.6) is 0 Å². The van der Waals surface area contributed by atoms with Crippen LogP contribution in [0.4, 0.5) is 0 Å². The zero-order valence-corrected chi connectivity index (χ0v) is 8.34. The third-order valence-electron chi connectivity index (χ3n) is 2.47. The zero-order valence-electron chi connectivity index (χ0n) is 8.34. The van der Waals surface area contributed by atoms with Crippen molar-refractivity contribution < 1.29 is 9.84 Å². The van der Waals surface area contributed by atoms with Gasteiger partial charge in [0.05, 0.1) is 17.8 Å². The molecule has 1 aliphatic carbocycles. The van der Waals surface area contributed by atoms with Crippen molar-refractivity contribution in [3.05, 3.63) is 0 Å².